The molecule has 19 heavy (non-hydrogen) atoms. The number of sulfone groups is 1. The quantitative estimate of drug-likeness (QED) is 0.717. The number of ketones is 1. The molecule has 1 amide bonds. The fourth-order valence-corrected chi connectivity index (χ4v) is 4.10. The number of Topliss-reactive ketones (excluding diaryl/α,β-unsaturated/α-hetero) is 1. The topological polar surface area (TPSA) is 80.8 Å². The largest absolute Gasteiger partial charge is 0.381 e. The molecule has 2 aliphatic heterocycles. The van der Waals surface area contributed by atoms with Gasteiger partial charge in [-0.2, -0.15) is 0 Å². The maximum absolute atomic E-state index is 12.1. The Balaban J connectivity index is 1.91. The van der Waals surface area contributed by atoms with Crippen LogP contribution in [0.3, 0.4) is 0 Å². The second kappa shape index (κ2) is 6.00. The summed E-state index contributed by atoms with van der Waals surface area (Å²) in [5.41, 5.74) is 0. The lowest BCUT2D eigenvalue weighted by Gasteiger charge is -2.27. The van der Waals surface area contributed by atoms with Crippen LogP contribution in [0.15, 0.2) is 0 Å². The predicted octanol–water partition coefficient (Wildman–Crippen LogP) is -0.228. The van der Waals surface area contributed by atoms with Gasteiger partial charge in [0.1, 0.15) is 11.5 Å². The Labute approximate surface area is 113 Å². The van der Waals surface area contributed by atoms with Gasteiger partial charge in [-0.15, -0.1) is 0 Å². The minimum Gasteiger partial charge on any atom is -0.381 e. The summed E-state index contributed by atoms with van der Waals surface area (Å²) in [6, 6.07) is 0. The van der Waals surface area contributed by atoms with Crippen LogP contribution in [0, 0.1) is 0 Å². The highest BCUT2D eigenvalue weighted by Gasteiger charge is 2.32. The van der Waals surface area contributed by atoms with Crippen LogP contribution in [0.25, 0.3) is 0 Å². The molecule has 7 heteroatoms. The first-order valence-electron chi connectivity index (χ1n) is 6.58. The first kappa shape index (κ1) is 14.5. The van der Waals surface area contributed by atoms with Gasteiger partial charge in [-0.1, -0.05) is 0 Å². The average Bonchev–Trinajstić information content (AvgIpc) is 2.40. The number of hydrogen-bond acceptors (Lipinski definition) is 5. The Bertz CT molecular complexity index is 443. The number of rotatable bonds is 3. The molecule has 0 bridgehead atoms. The number of carbonyl (C=O) groups excluding carboxylic acids is 2. The van der Waals surface area contributed by atoms with Gasteiger partial charge < -0.3 is 9.64 Å². The van der Waals surface area contributed by atoms with E-state index in [9.17, 15) is 18.0 Å². The van der Waals surface area contributed by atoms with Crippen LogP contribution in [-0.4, -0.2) is 62.3 Å². The van der Waals surface area contributed by atoms with E-state index < -0.39 is 20.8 Å². The maximum atomic E-state index is 12.1. The molecule has 108 valence electrons. The van der Waals surface area contributed by atoms with Gasteiger partial charge in [0.2, 0.25) is 5.91 Å². The van der Waals surface area contributed by atoms with Crippen LogP contribution >= 0.6 is 0 Å². The van der Waals surface area contributed by atoms with Crippen molar-refractivity contribution in [2.75, 3.05) is 32.1 Å². The summed E-state index contributed by atoms with van der Waals surface area (Å²) in [6.45, 7) is 1.58. The molecule has 0 aromatic heterocycles. The molecule has 0 unspecified atom stereocenters. The molecule has 0 aromatic rings. The van der Waals surface area contributed by atoms with Crippen LogP contribution in [0.4, 0.5) is 0 Å². The first-order chi connectivity index (χ1) is 8.99. The third-order valence-corrected chi connectivity index (χ3v) is 5.81. The van der Waals surface area contributed by atoms with Gasteiger partial charge in [-0.25, -0.2) is 8.42 Å². The smallest absolute Gasteiger partial charge is 0.237 e. The summed E-state index contributed by atoms with van der Waals surface area (Å²) in [5.74, 6) is -0.679. The summed E-state index contributed by atoms with van der Waals surface area (Å²) < 4.78 is 29.4. The first-order valence-corrected chi connectivity index (χ1v) is 8.29. The highest BCUT2D eigenvalue weighted by molar-refractivity contribution is 7.92. The normalized spacial score (nSPS) is 22.5. The molecule has 6 nitrogen and oxygen atoms in total. The summed E-state index contributed by atoms with van der Waals surface area (Å²) in [4.78, 5) is 24.5. The Morgan fingerprint density at radius 1 is 1.21 bits per heavy atom. The van der Waals surface area contributed by atoms with Crippen molar-refractivity contribution < 1.29 is 22.7 Å². The van der Waals surface area contributed by atoms with Gasteiger partial charge in [0, 0.05) is 39.1 Å². The van der Waals surface area contributed by atoms with E-state index in [-0.39, 0.29) is 11.7 Å². The zero-order valence-electron chi connectivity index (χ0n) is 10.8. The Hall–Kier alpha value is -0.950. The number of likely N-dealkylation sites (tertiary alicyclic amines) is 1. The van der Waals surface area contributed by atoms with E-state index in [1.54, 1.807) is 0 Å². The van der Waals surface area contributed by atoms with E-state index in [0.717, 1.165) is 0 Å². The molecule has 0 spiro atoms. The Kier molecular flexibility index (Phi) is 4.57. The number of piperidine rings is 1. The molecule has 2 fully saturated rings. The molecule has 0 atom stereocenters. The average molecular weight is 289 g/mol. The molecule has 0 aliphatic carbocycles. The summed E-state index contributed by atoms with van der Waals surface area (Å²) in [5, 5.41) is -0.461. The summed E-state index contributed by atoms with van der Waals surface area (Å²) in [6.07, 6.45) is 1.61. The van der Waals surface area contributed by atoms with Crippen molar-refractivity contribution in [1.29, 1.82) is 0 Å². The van der Waals surface area contributed by atoms with Crippen molar-refractivity contribution in [1.82, 2.24) is 4.90 Å². The van der Waals surface area contributed by atoms with E-state index in [1.807, 2.05) is 0 Å². The van der Waals surface area contributed by atoms with E-state index in [4.69, 9.17) is 4.74 Å². The van der Waals surface area contributed by atoms with Crippen LogP contribution in [0.5, 0.6) is 0 Å². The highest BCUT2D eigenvalue weighted by atomic mass is 32.2. The lowest BCUT2D eigenvalue weighted by Crippen LogP contribution is -2.43. The third-order valence-electron chi connectivity index (χ3n) is 3.67. The lowest BCUT2D eigenvalue weighted by atomic mass is 10.1. The van der Waals surface area contributed by atoms with Gasteiger partial charge in [0.25, 0.3) is 0 Å². The van der Waals surface area contributed by atoms with Crippen molar-refractivity contribution in [3.63, 3.8) is 0 Å². The molecule has 2 rings (SSSR count). The second-order valence-corrected chi connectivity index (χ2v) is 7.32. The van der Waals surface area contributed by atoms with Crippen molar-refractivity contribution in [2.24, 2.45) is 0 Å². The van der Waals surface area contributed by atoms with Crippen LogP contribution in [0.1, 0.15) is 25.7 Å². The molecule has 0 saturated carbocycles. The van der Waals surface area contributed by atoms with E-state index in [2.05, 4.69) is 0 Å². The van der Waals surface area contributed by atoms with Gasteiger partial charge >= 0.3 is 0 Å². The van der Waals surface area contributed by atoms with E-state index in [0.29, 0.717) is 52.0 Å². The monoisotopic (exact) mass is 289 g/mol. The predicted molar refractivity (Wildman–Crippen MR) is 68.4 cm³/mol. The van der Waals surface area contributed by atoms with Crippen LogP contribution in [-0.2, 0) is 24.2 Å². The zero-order chi connectivity index (χ0) is 13.9. The standard InChI is InChI=1S/C12H19NO5S/c14-10-1-5-13(6-2-10)12(15)9-19(16,17)11-3-7-18-8-4-11/h11H,1-9H2. The summed E-state index contributed by atoms with van der Waals surface area (Å²) >= 11 is 0. The minimum absolute atomic E-state index is 0.135. The molecular formula is C12H19NO5S. The maximum Gasteiger partial charge on any atom is 0.237 e. The highest BCUT2D eigenvalue weighted by Crippen LogP contribution is 2.17. The van der Waals surface area contributed by atoms with Crippen molar-refractivity contribution in [3.8, 4) is 0 Å². The van der Waals surface area contributed by atoms with E-state index >= 15 is 0 Å². The molecule has 0 N–H and O–H groups in total. The number of carbonyl (C=O) groups is 2. The molecule has 0 aromatic carbocycles. The Morgan fingerprint density at radius 2 is 1.79 bits per heavy atom. The number of nitrogens with zero attached hydrogens (tertiary/aromatic N) is 1. The number of amides is 1. The van der Waals surface area contributed by atoms with Crippen molar-refractivity contribution in [3.05, 3.63) is 0 Å². The number of hydrogen-bond donors (Lipinski definition) is 0. The molecule has 2 saturated heterocycles. The van der Waals surface area contributed by atoms with Gasteiger partial charge in [-0.3, -0.25) is 9.59 Å². The van der Waals surface area contributed by atoms with Crippen molar-refractivity contribution in [2.45, 2.75) is 30.9 Å². The van der Waals surface area contributed by atoms with E-state index in [1.165, 1.54) is 4.90 Å². The molecule has 2 aliphatic rings. The van der Waals surface area contributed by atoms with Crippen LogP contribution < -0.4 is 0 Å². The van der Waals surface area contributed by atoms with Crippen molar-refractivity contribution >= 4 is 21.5 Å². The third kappa shape index (κ3) is 3.76. The fourth-order valence-electron chi connectivity index (χ4n) is 2.42. The SMILES string of the molecule is O=C1CCN(C(=O)CS(=O)(=O)C2CCOCC2)CC1. The van der Waals surface area contributed by atoms with Gasteiger partial charge in [-0.05, 0) is 12.8 Å². The Morgan fingerprint density at radius 3 is 2.37 bits per heavy atom. The lowest BCUT2D eigenvalue weighted by molar-refractivity contribution is -0.132. The minimum atomic E-state index is -3.40. The molecule has 2 heterocycles. The zero-order valence-corrected chi connectivity index (χ0v) is 11.7. The summed E-state index contributed by atoms with van der Waals surface area (Å²) in [7, 11) is -3.40. The number of ether oxygens (including phenoxy) is 1. The molecule has 0 radical (unpaired) electrons. The second-order valence-electron chi connectivity index (χ2n) is 5.04. The van der Waals surface area contributed by atoms with Gasteiger partial charge in [0.15, 0.2) is 9.84 Å². The van der Waals surface area contributed by atoms with Crippen LogP contribution in [0.2, 0.25) is 0 Å². The fraction of sp³-hybridized carbons (Fsp3) is 0.833. The van der Waals surface area contributed by atoms with Gasteiger partial charge in [0.05, 0.1) is 5.25 Å². The molecular weight excluding hydrogens is 270 g/mol.